The van der Waals surface area contributed by atoms with E-state index in [4.69, 9.17) is 4.84 Å². The van der Waals surface area contributed by atoms with Crippen molar-refractivity contribution < 1.29 is 45.5 Å². The van der Waals surface area contributed by atoms with Crippen molar-refractivity contribution in [2.75, 3.05) is 21.3 Å². The molecule has 42 heavy (non-hydrogen) atoms. The molecule has 2 aromatic heterocycles. The van der Waals surface area contributed by atoms with Crippen molar-refractivity contribution in [2.45, 2.75) is 12.4 Å². The number of carbonyl (C=O) groups is 2. The molecule has 0 saturated heterocycles. The molecular formula is C27H21F6N5O4. The smallest absolute Gasteiger partial charge is 0.416 e. The van der Waals surface area contributed by atoms with Gasteiger partial charge in [-0.15, -0.1) is 0 Å². The van der Waals surface area contributed by atoms with Crippen LogP contribution in [0.4, 0.5) is 26.3 Å². The molecule has 0 aliphatic rings. The van der Waals surface area contributed by atoms with E-state index in [0.717, 1.165) is 29.3 Å². The highest BCUT2D eigenvalue weighted by atomic mass is 19.4. The first kappa shape index (κ1) is 31.6. The van der Waals surface area contributed by atoms with Crippen LogP contribution in [-0.4, -0.2) is 58.1 Å². The minimum Gasteiger partial charge on any atom is -0.465 e. The standard InChI is InChI=1S/C14H12F3N3O2.C13H9F3N2O2/c1-20(22-2)13(21)10-7-18-12(19-8-10)9-3-5-11(6-4-9)14(15,16)17;1-20-12(19)9-6-17-11(18-7-9)8-2-4-10(5-3-8)13(14,15)16/h3-8H,1-2H3;2-7H,1H3. The van der Waals surface area contributed by atoms with Crippen LogP contribution in [0.2, 0.25) is 0 Å². The van der Waals surface area contributed by atoms with E-state index in [0.29, 0.717) is 11.1 Å². The van der Waals surface area contributed by atoms with E-state index in [1.807, 2.05) is 0 Å². The van der Waals surface area contributed by atoms with E-state index in [-0.39, 0.29) is 22.8 Å². The monoisotopic (exact) mass is 593 g/mol. The van der Waals surface area contributed by atoms with E-state index in [1.165, 1.54) is 70.3 Å². The molecule has 4 aromatic rings. The average Bonchev–Trinajstić information content (AvgIpc) is 2.99. The normalized spacial score (nSPS) is 11.3. The first-order valence-electron chi connectivity index (χ1n) is 11.6. The molecule has 1 amide bonds. The Morgan fingerprint density at radius 2 is 1.00 bits per heavy atom. The van der Waals surface area contributed by atoms with Crippen LogP contribution in [0, 0.1) is 0 Å². The van der Waals surface area contributed by atoms with Gasteiger partial charge in [0.15, 0.2) is 11.6 Å². The molecule has 0 fully saturated rings. The number of esters is 1. The maximum atomic E-state index is 12.5. The molecule has 0 bridgehead atoms. The van der Waals surface area contributed by atoms with E-state index < -0.39 is 35.4 Å². The Kier molecular flexibility index (Phi) is 9.90. The quantitative estimate of drug-likeness (QED) is 0.164. The summed E-state index contributed by atoms with van der Waals surface area (Å²) in [6.45, 7) is 0. The van der Waals surface area contributed by atoms with Crippen molar-refractivity contribution in [3.63, 3.8) is 0 Å². The Balaban J connectivity index is 0.000000231. The number of alkyl halides is 6. The Morgan fingerprint density at radius 1 is 0.643 bits per heavy atom. The maximum absolute atomic E-state index is 12.5. The maximum Gasteiger partial charge on any atom is 0.416 e. The molecule has 2 heterocycles. The van der Waals surface area contributed by atoms with Crippen molar-refractivity contribution in [3.05, 3.63) is 95.6 Å². The second kappa shape index (κ2) is 13.2. The number of aromatic nitrogens is 4. The summed E-state index contributed by atoms with van der Waals surface area (Å²) < 4.78 is 79.2. The summed E-state index contributed by atoms with van der Waals surface area (Å²) in [6, 6.07) is 8.92. The summed E-state index contributed by atoms with van der Waals surface area (Å²) in [6.07, 6.45) is -3.68. The van der Waals surface area contributed by atoms with Gasteiger partial charge in [0.1, 0.15) is 0 Å². The zero-order chi connectivity index (χ0) is 31.1. The highest BCUT2D eigenvalue weighted by Crippen LogP contribution is 2.31. The highest BCUT2D eigenvalue weighted by molar-refractivity contribution is 5.92. The van der Waals surface area contributed by atoms with E-state index >= 15 is 0 Å². The SMILES string of the molecule is COC(=O)c1cnc(-c2ccc(C(F)(F)F)cc2)nc1.CON(C)C(=O)c1cnc(-c2ccc(C(F)(F)F)cc2)nc1. The number of rotatable bonds is 5. The van der Waals surface area contributed by atoms with Gasteiger partial charge in [0.05, 0.1) is 36.5 Å². The molecule has 0 atom stereocenters. The molecule has 2 aromatic carbocycles. The van der Waals surface area contributed by atoms with Crippen LogP contribution in [0.25, 0.3) is 22.8 Å². The lowest BCUT2D eigenvalue weighted by molar-refractivity contribution is -0.138. The largest absolute Gasteiger partial charge is 0.465 e. The number of hydrogen-bond donors (Lipinski definition) is 0. The fraction of sp³-hybridized carbons (Fsp3) is 0.185. The number of hydroxylamine groups is 2. The molecule has 0 aliphatic carbocycles. The van der Waals surface area contributed by atoms with Crippen LogP contribution in [0.1, 0.15) is 31.8 Å². The lowest BCUT2D eigenvalue weighted by atomic mass is 10.1. The molecule has 0 radical (unpaired) electrons. The number of ether oxygens (including phenoxy) is 1. The molecule has 4 rings (SSSR count). The predicted octanol–water partition coefficient (Wildman–Crippen LogP) is 5.74. The van der Waals surface area contributed by atoms with Crippen molar-refractivity contribution in [1.29, 1.82) is 0 Å². The summed E-state index contributed by atoms with van der Waals surface area (Å²) in [5, 5.41) is 1.01. The second-order valence-electron chi connectivity index (χ2n) is 8.22. The lowest BCUT2D eigenvalue weighted by Crippen LogP contribution is -2.25. The minimum absolute atomic E-state index is 0.170. The topological polar surface area (TPSA) is 107 Å². The Labute approximate surface area is 234 Å². The Hall–Kier alpha value is -4.92. The lowest BCUT2D eigenvalue weighted by Gasteiger charge is -2.13. The molecule has 15 heteroatoms. The van der Waals surface area contributed by atoms with Crippen LogP contribution < -0.4 is 0 Å². The number of hydrogen-bond acceptors (Lipinski definition) is 8. The first-order chi connectivity index (χ1) is 19.7. The number of amides is 1. The van der Waals surface area contributed by atoms with Crippen molar-refractivity contribution in [2.24, 2.45) is 0 Å². The van der Waals surface area contributed by atoms with Crippen LogP contribution in [0.5, 0.6) is 0 Å². The van der Waals surface area contributed by atoms with Gasteiger partial charge in [-0.25, -0.2) is 29.8 Å². The van der Waals surface area contributed by atoms with Gasteiger partial charge in [0.25, 0.3) is 5.91 Å². The summed E-state index contributed by atoms with van der Waals surface area (Å²) in [5.74, 6) is -0.554. The van der Waals surface area contributed by atoms with Gasteiger partial charge >= 0.3 is 18.3 Å². The molecule has 0 unspecified atom stereocenters. The number of benzene rings is 2. The summed E-state index contributed by atoms with van der Waals surface area (Å²) in [5.41, 5.74) is -0.262. The number of carbonyl (C=O) groups excluding carboxylic acids is 2. The van der Waals surface area contributed by atoms with Gasteiger partial charge in [0, 0.05) is 43.0 Å². The molecule has 0 saturated carbocycles. The molecular weight excluding hydrogens is 572 g/mol. The van der Waals surface area contributed by atoms with Gasteiger partial charge in [-0.3, -0.25) is 9.63 Å². The fourth-order valence-corrected chi connectivity index (χ4v) is 3.17. The molecule has 0 spiro atoms. The third-order valence-electron chi connectivity index (χ3n) is 5.47. The summed E-state index contributed by atoms with van der Waals surface area (Å²) >= 11 is 0. The van der Waals surface area contributed by atoms with Crippen LogP contribution in [0.3, 0.4) is 0 Å². The third kappa shape index (κ3) is 8.06. The van der Waals surface area contributed by atoms with E-state index in [2.05, 4.69) is 24.7 Å². The average molecular weight is 593 g/mol. The molecule has 0 aliphatic heterocycles. The van der Waals surface area contributed by atoms with Gasteiger partial charge in [-0.05, 0) is 24.3 Å². The number of nitrogens with zero attached hydrogens (tertiary/aromatic N) is 5. The zero-order valence-electron chi connectivity index (χ0n) is 22.1. The van der Waals surface area contributed by atoms with E-state index in [9.17, 15) is 35.9 Å². The van der Waals surface area contributed by atoms with Crippen LogP contribution in [0.15, 0.2) is 73.3 Å². The fourth-order valence-electron chi connectivity index (χ4n) is 3.17. The summed E-state index contributed by atoms with van der Waals surface area (Å²) in [4.78, 5) is 43.5. The summed E-state index contributed by atoms with van der Waals surface area (Å²) in [7, 11) is 4.01. The zero-order valence-corrected chi connectivity index (χ0v) is 22.1. The van der Waals surface area contributed by atoms with Gasteiger partial charge < -0.3 is 4.74 Å². The Morgan fingerprint density at radius 3 is 1.31 bits per heavy atom. The molecule has 0 N–H and O–H groups in total. The first-order valence-corrected chi connectivity index (χ1v) is 11.6. The second-order valence-corrected chi connectivity index (χ2v) is 8.22. The number of halogens is 6. The number of methoxy groups -OCH3 is 1. The van der Waals surface area contributed by atoms with Gasteiger partial charge in [0.2, 0.25) is 0 Å². The Bertz CT molecular complexity index is 1490. The predicted molar refractivity (Wildman–Crippen MR) is 135 cm³/mol. The van der Waals surface area contributed by atoms with Gasteiger partial charge in [-0.1, -0.05) is 24.3 Å². The highest BCUT2D eigenvalue weighted by Gasteiger charge is 2.31. The van der Waals surface area contributed by atoms with Crippen LogP contribution in [-0.2, 0) is 21.9 Å². The van der Waals surface area contributed by atoms with Crippen molar-refractivity contribution in [3.8, 4) is 22.8 Å². The molecule has 9 nitrogen and oxygen atoms in total. The third-order valence-corrected chi connectivity index (χ3v) is 5.47. The van der Waals surface area contributed by atoms with Crippen molar-refractivity contribution >= 4 is 11.9 Å². The van der Waals surface area contributed by atoms with Crippen molar-refractivity contribution in [1.82, 2.24) is 25.0 Å². The van der Waals surface area contributed by atoms with Gasteiger partial charge in [-0.2, -0.15) is 26.3 Å². The van der Waals surface area contributed by atoms with Crippen LogP contribution >= 0.6 is 0 Å². The van der Waals surface area contributed by atoms with E-state index in [1.54, 1.807) is 0 Å². The minimum atomic E-state index is -4.39. The molecule has 220 valence electrons.